The maximum Gasteiger partial charge on any atom is 0.190 e. The van der Waals surface area contributed by atoms with Crippen molar-refractivity contribution in [2.24, 2.45) is 4.99 Å². The molecule has 33 heavy (non-hydrogen) atoms. The van der Waals surface area contributed by atoms with Gasteiger partial charge in [-0.15, -0.1) is 10.2 Å². The van der Waals surface area contributed by atoms with E-state index in [4.69, 9.17) is 4.74 Å². The lowest BCUT2D eigenvalue weighted by atomic mass is 10.1. The molecule has 3 aromatic rings. The summed E-state index contributed by atoms with van der Waals surface area (Å²) in [6, 6.07) is 16.6. The van der Waals surface area contributed by atoms with Crippen LogP contribution in [0, 0.1) is 0 Å². The molecule has 0 radical (unpaired) electrons. The molecule has 0 spiro atoms. The van der Waals surface area contributed by atoms with Crippen LogP contribution < -0.4 is 10.6 Å². The molecule has 0 atom stereocenters. The van der Waals surface area contributed by atoms with E-state index >= 15 is 0 Å². The predicted octanol–water partition coefficient (Wildman–Crippen LogP) is 2.51. The second-order valence-corrected chi connectivity index (χ2v) is 8.41. The van der Waals surface area contributed by atoms with Crippen LogP contribution >= 0.6 is 0 Å². The summed E-state index contributed by atoms with van der Waals surface area (Å²) in [6.07, 6.45) is 6.33. The number of ether oxygens (including phenoxy) is 1. The van der Waals surface area contributed by atoms with E-state index in [1.807, 2.05) is 28.8 Å². The Hall–Kier alpha value is -2.97. The van der Waals surface area contributed by atoms with E-state index in [9.17, 15) is 0 Å². The molecule has 1 aliphatic heterocycles. The lowest BCUT2D eigenvalue weighted by molar-refractivity contribution is 0.00534. The minimum Gasteiger partial charge on any atom is -0.378 e. The molecule has 1 aromatic carbocycles. The molecular weight excluding hydrogens is 414 g/mol. The molecule has 2 N–H and O–H groups in total. The van der Waals surface area contributed by atoms with Crippen molar-refractivity contribution in [2.75, 3.05) is 39.8 Å². The number of benzene rings is 1. The van der Waals surface area contributed by atoms with Gasteiger partial charge in [-0.3, -0.25) is 14.3 Å². The van der Waals surface area contributed by atoms with E-state index in [0.29, 0.717) is 6.10 Å². The standard InChI is InChI=1S/C25H35N7O/c1-26-25(28-15-11-24-30-29-23-10-5-6-16-32(23)24)27-14-7-19-33-22-12-17-31(18-13-22)20-21-8-3-2-4-9-21/h2-6,8-10,16,22H,7,11-15,17-20H2,1H3,(H2,26,27,28). The van der Waals surface area contributed by atoms with Crippen LogP contribution in [0.15, 0.2) is 59.7 Å². The van der Waals surface area contributed by atoms with Gasteiger partial charge in [-0.05, 0) is 37.0 Å². The fraction of sp³-hybridized carbons (Fsp3) is 0.480. The van der Waals surface area contributed by atoms with E-state index in [2.05, 4.69) is 61.1 Å². The largest absolute Gasteiger partial charge is 0.378 e. The Bertz CT molecular complexity index is 996. The molecule has 0 bridgehead atoms. The third kappa shape index (κ3) is 7.00. The van der Waals surface area contributed by atoms with E-state index in [1.54, 1.807) is 7.05 Å². The molecular formula is C25H35N7O. The minimum absolute atomic E-state index is 0.382. The summed E-state index contributed by atoms with van der Waals surface area (Å²) < 4.78 is 8.14. The Morgan fingerprint density at radius 1 is 1.03 bits per heavy atom. The SMILES string of the molecule is CN=C(NCCCOC1CCN(Cc2ccccc2)CC1)NCCc1nnc2ccccn12. The molecule has 3 heterocycles. The normalized spacial score (nSPS) is 15.7. The summed E-state index contributed by atoms with van der Waals surface area (Å²) in [5.74, 6) is 1.75. The molecule has 4 rings (SSSR count). The summed E-state index contributed by atoms with van der Waals surface area (Å²) in [5.41, 5.74) is 2.26. The molecule has 176 valence electrons. The third-order valence-electron chi connectivity index (χ3n) is 6.00. The van der Waals surface area contributed by atoms with Gasteiger partial charge in [-0.2, -0.15) is 0 Å². The van der Waals surface area contributed by atoms with Crippen LogP contribution in [0.4, 0.5) is 0 Å². The Morgan fingerprint density at radius 3 is 2.64 bits per heavy atom. The van der Waals surface area contributed by atoms with Gasteiger partial charge >= 0.3 is 0 Å². The summed E-state index contributed by atoms with van der Waals surface area (Å²) >= 11 is 0. The number of fused-ring (bicyclic) bond motifs is 1. The van der Waals surface area contributed by atoms with Gasteiger partial charge in [0.2, 0.25) is 0 Å². The molecule has 1 aliphatic rings. The van der Waals surface area contributed by atoms with Crippen molar-refractivity contribution in [3.63, 3.8) is 0 Å². The zero-order valence-corrected chi connectivity index (χ0v) is 19.5. The zero-order valence-electron chi connectivity index (χ0n) is 19.5. The number of hydrogen-bond donors (Lipinski definition) is 2. The number of aromatic nitrogens is 3. The average molecular weight is 450 g/mol. The van der Waals surface area contributed by atoms with Gasteiger partial charge in [0.1, 0.15) is 5.82 Å². The summed E-state index contributed by atoms with van der Waals surface area (Å²) in [7, 11) is 1.79. The van der Waals surface area contributed by atoms with Crippen LogP contribution in [0.3, 0.4) is 0 Å². The van der Waals surface area contributed by atoms with Gasteiger partial charge in [-0.25, -0.2) is 0 Å². The van der Waals surface area contributed by atoms with E-state index in [1.165, 1.54) is 5.56 Å². The Morgan fingerprint density at radius 2 is 1.82 bits per heavy atom. The first-order valence-electron chi connectivity index (χ1n) is 11.9. The fourth-order valence-electron chi connectivity index (χ4n) is 4.18. The number of piperidine rings is 1. The molecule has 0 unspecified atom stereocenters. The zero-order chi connectivity index (χ0) is 22.7. The van der Waals surface area contributed by atoms with Gasteiger partial charge in [0, 0.05) is 59.0 Å². The molecule has 8 nitrogen and oxygen atoms in total. The van der Waals surface area contributed by atoms with Crippen molar-refractivity contribution in [3.8, 4) is 0 Å². The second kappa shape index (κ2) is 12.3. The highest BCUT2D eigenvalue weighted by Crippen LogP contribution is 2.16. The second-order valence-electron chi connectivity index (χ2n) is 8.41. The van der Waals surface area contributed by atoms with Gasteiger partial charge in [0.05, 0.1) is 6.10 Å². The number of aliphatic imine (C=N–C) groups is 1. The number of nitrogens with one attached hydrogen (secondary N) is 2. The Balaban J connectivity index is 1.06. The van der Waals surface area contributed by atoms with Crippen LogP contribution in [0.25, 0.3) is 5.65 Å². The van der Waals surface area contributed by atoms with Crippen molar-refractivity contribution >= 4 is 11.6 Å². The first-order chi connectivity index (χ1) is 16.3. The number of hydrogen-bond acceptors (Lipinski definition) is 5. The van der Waals surface area contributed by atoms with Crippen LogP contribution in [0.1, 0.15) is 30.7 Å². The molecule has 8 heteroatoms. The maximum atomic E-state index is 6.12. The monoisotopic (exact) mass is 449 g/mol. The van der Waals surface area contributed by atoms with Gasteiger partial charge in [0.15, 0.2) is 11.6 Å². The first-order valence-corrected chi connectivity index (χ1v) is 11.9. The van der Waals surface area contributed by atoms with Crippen LogP contribution in [0.2, 0.25) is 0 Å². The lowest BCUT2D eigenvalue weighted by Gasteiger charge is -2.32. The third-order valence-corrected chi connectivity index (χ3v) is 6.00. The first kappa shape index (κ1) is 23.2. The maximum absolute atomic E-state index is 6.12. The highest BCUT2D eigenvalue weighted by atomic mass is 16.5. The molecule has 0 aliphatic carbocycles. The number of pyridine rings is 1. The van der Waals surface area contributed by atoms with Crippen molar-refractivity contribution < 1.29 is 4.74 Å². The van der Waals surface area contributed by atoms with E-state index < -0.39 is 0 Å². The van der Waals surface area contributed by atoms with Crippen molar-refractivity contribution in [2.45, 2.75) is 38.3 Å². The van der Waals surface area contributed by atoms with Crippen LogP contribution in [0.5, 0.6) is 0 Å². The quantitative estimate of drug-likeness (QED) is 0.281. The van der Waals surface area contributed by atoms with Gasteiger partial charge in [-0.1, -0.05) is 36.4 Å². The number of nitrogens with zero attached hydrogens (tertiary/aromatic N) is 5. The summed E-state index contributed by atoms with van der Waals surface area (Å²) in [6.45, 7) is 5.61. The molecule has 2 aromatic heterocycles. The van der Waals surface area contributed by atoms with E-state index in [-0.39, 0.29) is 0 Å². The summed E-state index contributed by atoms with van der Waals surface area (Å²) in [5, 5.41) is 15.2. The lowest BCUT2D eigenvalue weighted by Crippen LogP contribution is -2.39. The van der Waals surface area contributed by atoms with Gasteiger partial charge < -0.3 is 15.4 Å². The molecule has 1 saturated heterocycles. The molecule has 0 amide bonds. The fourth-order valence-corrected chi connectivity index (χ4v) is 4.18. The smallest absolute Gasteiger partial charge is 0.190 e. The Kier molecular flexibility index (Phi) is 8.66. The topological polar surface area (TPSA) is 79.1 Å². The van der Waals surface area contributed by atoms with Crippen molar-refractivity contribution in [1.29, 1.82) is 0 Å². The van der Waals surface area contributed by atoms with Crippen LogP contribution in [-0.4, -0.2) is 71.4 Å². The number of guanidine groups is 1. The Labute approximate surface area is 196 Å². The van der Waals surface area contributed by atoms with Crippen molar-refractivity contribution in [1.82, 2.24) is 30.1 Å². The van der Waals surface area contributed by atoms with Crippen molar-refractivity contribution in [3.05, 3.63) is 66.1 Å². The minimum atomic E-state index is 0.382. The highest BCUT2D eigenvalue weighted by Gasteiger charge is 2.19. The highest BCUT2D eigenvalue weighted by molar-refractivity contribution is 5.79. The molecule has 1 fully saturated rings. The molecule has 0 saturated carbocycles. The van der Waals surface area contributed by atoms with E-state index in [0.717, 1.165) is 82.4 Å². The van der Waals surface area contributed by atoms with Gasteiger partial charge in [0.25, 0.3) is 0 Å². The average Bonchev–Trinajstić information content (AvgIpc) is 3.27. The number of rotatable bonds is 10. The predicted molar refractivity (Wildman–Crippen MR) is 131 cm³/mol. The van der Waals surface area contributed by atoms with Crippen LogP contribution in [-0.2, 0) is 17.7 Å². The summed E-state index contributed by atoms with van der Waals surface area (Å²) in [4.78, 5) is 6.83. The number of likely N-dealkylation sites (tertiary alicyclic amines) is 1.